The highest BCUT2D eigenvalue weighted by Gasteiger charge is 2.51. The molecule has 2 fully saturated rings. The molecule has 13 nitrogen and oxygen atoms in total. The minimum absolute atomic E-state index is 0.105. The molecular weight excluding hydrogens is 809 g/mol. The lowest BCUT2D eigenvalue weighted by Crippen LogP contribution is -2.36. The van der Waals surface area contributed by atoms with Crippen LogP contribution in [0.25, 0.3) is 11.1 Å². The van der Waals surface area contributed by atoms with Crippen LogP contribution in [0.15, 0.2) is 110 Å². The molecule has 0 aromatic heterocycles. The summed E-state index contributed by atoms with van der Waals surface area (Å²) in [7, 11) is 1.54. The van der Waals surface area contributed by atoms with Crippen LogP contribution < -0.4 is 18.9 Å². The number of carbonyl (C=O) groups excluding carboxylic acids is 5. The highest BCUT2D eigenvalue weighted by molar-refractivity contribution is 5.91. The number of benzene rings is 4. The van der Waals surface area contributed by atoms with E-state index in [2.05, 4.69) is 6.58 Å². The van der Waals surface area contributed by atoms with Crippen molar-refractivity contribution in [1.29, 1.82) is 0 Å². The molecule has 0 radical (unpaired) electrons. The van der Waals surface area contributed by atoms with Crippen molar-refractivity contribution in [2.24, 2.45) is 0 Å². The molecule has 0 aliphatic carbocycles. The van der Waals surface area contributed by atoms with Gasteiger partial charge in [0.05, 0.1) is 31.5 Å². The smallest absolute Gasteiger partial charge is 0.343 e. The maximum Gasteiger partial charge on any atom is 0.343 e. The van der Waals surface area contributed by atoms with E-state index in [0.717, 1.165) is 49.7 Å². The normalized spacial score (nSPS) is 17.5. The van der Waals surface area contributed by atoms with E-state index in [4.69, 9.17) is 37.9 Å². The van der Waals surface area contributed by atoms with Crippen molar-refractivity contribution in [3.05, 3.63) is 121 Å². The van der Waals surface area contributed by atoms with Crippen LogP contribution in [0.2, 0.25) is 0 Å². The third-order valence-electron chi connectivity index (χ3n) is 10.7. The molecule has 13 heteroatoms. The Morgan fingerprint density at radius 1 is 0.508 bits per heavy atom. The lowest BCUT2D eigenvalue weighted by molar-refractivity contribution is -0.154. The summed E-state index contributed by atoms with van der Waals surface area (Å²) in [6.45, 7) is 3.99. The van der Waals surface area contributed by atoms with Crippen LogP contribution in [-0.2, 0) is 33.3 Å². The molecule has 4 aromatic carbocycles. The number of ether oxygens (including phenoxy) is 8. The van der Waals surface area contributed by atoms with Crippen LogP contribution in [0, 0.1) is 0 Å². The van der Waals surface area contributed by atoms with Gasteiger partial charge < -0.3 is 37.9 Å². The predicted molar refractivity (Wildman–Crippen MR) is 232 cm³/mol. The zero-order valence-electron chi connectivity index (χ0n) is 35.5. The van der Waals surface area contributed by atoms with Crippen molar-refractivity contribution in [3.63, 3.8) is 0 Å². The van der Waals surface area contributed by atoms with E-state index >= 15 is 0 Å². The number of hydrogen-bond acceptors (Lipinski definition) is 13. The van der Waals surface area contributed by atoms with Gasteiger partial charge in [0, 0.05) is 19.3 Å². The summed E-state index contributed by atoms with van der Waals surface area (Å²) in [6.07, 6.45) is 8.42. The van der Waals surface area contributed by atoms with Gasteiger partial charge in [0.2, 0.25) is 0 Å². The standard InChI is InChI=1S/C50H54O13/c1-3-4-5-6-7-8-9-10-13-44(51)60-40-30-22-36(23-31-40)49(54)61-41-28-18-35(19-29-41)34-16-26-39(27-17-34)59-45(52)14-11-12-15-46(53)62-42-32-57-48-43(33-58-47(42)48)63-50(55)37-20-24-38(56-2)25-21-37/h3,16-31,42-43,47-48H,1,4-15,32-33H2,2H3. The molecule has 4 atom stereocenters. The Balaban J connectivity index is 0.839. The first-order valence-electron chi connectivity index (χ1n) is 21.5. The van der Waals surface area contributed by atoms with Gasteiger partial charge in [-0.15, -0.1) is 6.58 Å². The van der Waals surface area contributed by atoms with Gasteiger partial charge in [0.1, 0.15) is 35.2 Å². The van der Waals surface area contributed by atoms with Crippen molar-refractivity contribution in [2.45, 2.75) is 101 Å². The van der Waals surface area contributed by atoms with Crippen molar-refractivity contribution in [3.8, 4) is 34.1 Å². The number of carbonyl (C=O) groups is 5. The van der Waals surface area contributed by atoms with Crippen LogP contribution in [0.5, 0.6) is 23.0 Å². The zero-order valence-corrected chi connectivity index (χ0v) is 35.5. The number of esters is 5. The van der Waals surface area contributed by atoms with Gasteiger partial charge in [-0.25, -0.2) is 9.59 Å². The average Bonchev–Trinajstić information content (AvgIpc) is 3.89. The van der Waals surface area contributed by atoms with Gasteiger partial charge in [0.15, 0.2) is 12.2 Å². The fraction of sp³-hybridized carbons (Fsp3) is 0.380. The van der Waals surface area contributed by atoms with Gasteiger partial charge in [0.25, 0.3) is 0 Å². The number of fused-ring (bicyclic) bond motifs is 1. The molecule has 2 heterocycles. The monoisotopic (exact) mass is 862 g/mol. The summed E-state index contributed by atoms with van der Waals surface area (Å²) in [4.78, 5) is 62.8. The van der Waals surface area contributed by atoms with Crippen LogP contribution >= 0.6 is 0 Å². The molecule has 4 aromatic rings. The third-order valence-corrected chi connectivity index (χ3v) is 10.7. The van der Waals surface area contributed by atoms with E-state index in [0.29, 0.717) is 53.4 Å². The molecule has 63 heavy (non-hydrogen) atoms. The molecule has 0 spiro atoms. The Morgan fingerprint density at radius 2 is 0.921 bits per heavy atom. The number of allylic oxidation sites excluding steroid dienone is 1. The van der Waals surface area contributed by atoms with E-state index < -0.39 is 48.3 Å². The summed E-state index contributed by atoms with van der Waals surface area (Å²) in [5, 5.41) is 0. The van der Waals surface area contributed by atoms with E-state index in [-0.39, 0.29) is 32.0 Å². The summed E-state index contributed by atoms with van der Waals surface area (Å²) in [5.41, 5.74) is 2.41. The van der Waals surface area contributed by atoms with Gasteiger partial charge in [-0.05, 0) is 116 Å². The second-order valence-corrected chi connectivity index (χ2v) is 15.4. The van der Waals surface area contributed by atoms with Gasteiger partial charge in [-0.3, -0.25) is 14.4 Å². The molecule has 2 aliphatic rings. The number of methoxy groups -OCH3 is 1. The van der Waals surface area contributed by atoms with Crippen molar-refractivity contribution < 1.29 is 61.9 Å². The fourth-order valence-corrected chi connectivity index (χ4v) is 7.22. The van der Waals surface area contributed by atoms with Crippen LogP contribution in [0.1, 0.15) is 97.8 Å². The molecule has 0 amide bonds. The Hall–Kier alpha value is -6.31. The highest BCUT2D eigenvalue weighted by atomic mass is 16.7. The average molecular weight is 863 g/mol. The Labute approximate surface area is 367 Å². The second-order valence-electron chi connectivity index (χ2n) is 15.4. The lowest BCUT2D eigenvalue weighted by Gasteiger charge is -2.17. The zero-order chi connectivity index (χ0) is 44.4. The Bertz CT molecular complexity index is 2130. The van der Waals surface area contributed by atoms with Crippen LogP contribution in [-0.4, -0.2) is 74.6 Å². The number of rotatable bonds is 23. The van der Waals surface area contributed by atoms with E-state index in [1.807, 2.05) is 30.3 Å². The number of unbranched alkanes of at least 4 members (excludes halogenated alkanes) is 7. The molecule has 0 saturated carbocycles. The maximum atomic E-state index is 12.8. The summed E-state index contributed by atoms with van der Waals surface area (Å²) in [6, 6.07) is 26.9. The van der Waals surface area contributed by atoms with Crippen LogP contribution in [0.3, 0.4) is 0 Å². The first kappa shape index (κ1) is 46.2. The number of hydrogen-bond donors (Lipinski definition) is 0. The van der Waals surface area contributed by atoms with Gasteiger partial charge in [-0.1, -0.05) is 56.0 Å². The molecule has 2 saturated heterocycles. The molecule has 6 rings (SSSR count). The molecule has 4 unspecified atom stereocenters. The van der Waals surface area contributed by atoms with Gasteiger partial charge in [-0.2, -0.15) is 0 Å². The minimum Gasteiger partial charge on any atom is -0.497 e. The van der Waals surface area contributed by atoms with Crippen LogP contribution in [0.4, 0.5) is 0 Å². The third kappa shape index (κ3) is 14.1. The summed E-state index contributed by atoms with van der Waals surface area (Å²) in [5.74, 6) is -0.462. The molecule has 2 aliphatic heterocycles. The van der Waals surface area contributed by atoms with Gasteiger partial charge >= 0.3 is 29.8 Å². The van der Waals surface area contributed by atoms with E-state index in [1.54, 1.807) is 79.9 Å². The lowest BCUT2D eigenvalue weighted by atomic mass is 10.1. The molecule has 332 valence electrons. The van der Waals surface area contributed by atoms with Crippen molar-refractivity contribution in [2.75, 3.05) is 20.3 Å². The maximum absolute atomic E-state index is 12.8. The molecule has 0 bridgehead atoms. The predicted octanol–water partition coefficient (Wildman–Crippen LogP) is 9.19. The minimum atomic E-state index is -0.632. The topological polar surface area (TPSA) is 159 Å². The second kappa shape index (κ2) is 23.8. The van der Waals surface area contributed by atoms with E-state index in [9.17, 15) is 24.0 Å². The van der Waals surface area contributed by atoms with Crippen molar-refractivity contribution >= 4 is 29.8 Å². The fourth-order valence-electron chi connectivity index (χ4n) is 7.22. The molecular formula is C50H54O13. The first-order chi connectivity index (χ1) is 30.7. The Morgan fingerprint density at radius 3 is 1.44 bits per heavy atom. The molecule has 0 N–H and O–H groups in total. The van der Waals surface area contributed by atoms with Crippen molar-refractivity contribution in [1.82, 2.24) is 0 Å². The SMILES string of the molecule is C=CCCCCCCCCC(=O)Oc1ccc(C(=O)Oc2ccc(-c3ccc(OC(=O)CCCCC(=O)OC4COC5C(OC(=O)c6ccc(OC)cc6)COC45)cc3)cc2)cc1. The summed E-state index contributed by atoms with van der Waals surface area (Å²) < 4.78 is 44.4. The Kier molecular flexibility index (Phi) is 17.4. The first-order valence-corrected chi connectivity index (χ1v) is 21.5. The highest BCUT2D eigenvalue weighted by Crippen LogP contribution is 2.32. The summed E-state index contributed by atoms with van der Waals surface area (Å²) >= 11 is 0. The largest absolute Gasteiger partial charge is 0.497 e. The quantitative estimate of drug-likeness (QED) is 0.0301. The van der Waals surface area contributed by atoms with E-state index in [1.165, 1.54) is 6.42 Å².